The van der Waals surface area contributed by atoms with Crippen molar-refractivity contribution in [1.82, 2.24) is 4.57 Å². The second kappa shape index (κ2) is 4.45. The van der Waals surface area contributed by atoms with Crippen LogP contribution in [0, 0.1) is 0 Å². The molecule has 0 saturated carbocycles. The molecule has 10 heteroatoms. The molecular formula is C7H13F6N2OP. The fourth-order valence-corrected chi connectivity index (χ4v) is 0.831. The summed E-state index contributed by atoms with van der Waals surface area (Å²) in [5.74, 6) is 0. The third-order valence-corrected chi connectivity index (χ3v) is 1.38. The standard InChI is InChI=1S/C7H13N2O.F6P/c1-8-3-4-9(7-8)5-6-10-2;1-7(2,3,4,5)6/h3-4,7H,5-6H2,1-2H3;/q+1;-1. The van der Waals surface area contributed by atoms with Crippen molar-refractivity contribution in [2.75, 3.05) is 13.7 Å². The quantitative estimate of drug-likeness (QED) is 0.473. The monoisotopic (exact) mass is 286 g/mol. The van der Waals surface area contributed by atoms with Crippen molar-refractivity contribution in [1.29, 1.82) is 0 Å². The number of imidazole rings is 1. The van der Waals surface area contributed by atoms with Crippen molar-refractivity contribution >= 4 is 7.81 Å². The van der Waals surface area contributed by atoms with Crippen molar-refractivity contribution in [2.24, 2.45) is 7.05 Å². The topological polar surface area (TPSA) is 18.0 Å². The number of nitrogens with zero attached hydrogens (tertiary/aromatic N) is 2. The van der Waals surface area contributed by atoms with Gasteiger partial charge in [0.15, 0.2) is 0 Å². The van der Waals surface area contributed by atoms with Crippen LogP contribution in [0.25, 0.3) is 0 Å². The Morgan fingerprint density at radius 2 is 1.65 bits per heavy atom. The van der Waals surface area contributed by atoms with E-state index in [1.807, 2.05) is 30.3 Å². The van der Waals surface area contributed by atoms with Crippen LogP contribution in [0.3, 0.4) is 0 Å². The average molecular weight is 286 g/mol. The summed E-state index contributed by atoms with van der Waals surface area (Å²) in [6, 6.07) is 0. The summed E-state index contributed by atoms with van der Waals surface area (Å²) < 4.78 is 68.2. The summed E-state index contributed by atoms with van der Waals surface area (Å²) in [6.07, 6.45) is 6.06. The normalized spacial score (nSPS) is 15.5. The van der Waals surface area contributed by atoms with Crippen LogP contribution in [0.15, 0.2) is 18.7 Å². The second-order valence-electron chi connectivity index (χ2n) is 3.27. The molecule has 0 aliphatic rings. The SMILES string of the molecule is COCCn1cc[n+](C)c1.F[P-](F)(F)(F)(F)F. The zero-order valence-corrected chi connectivity index (χ0v) is 10.1. The predicted octanol–water partition coefficient (Wildman–Crippen LogP) is 3.34. The van der Waals surface area contributed by atoms with Gasteiger partial charge < -0.3 is 4.74 Å². The van der Waals surface area contributed by atoms with Gasteiger partial charge in [0.1, 0.15) is 18.9 Å². The summed E-state index contributed by atoms with van der Waals surface area (Å²) in [5, 5.41) is 0. The summed E-state index contributed by atoms with van der Waals surface area (Å²) in [7, 11) is -6.94. The molecule has 0 fully saturated rings. The summed E-state index contributed by atoms with van der Waals surface area (Å²) >= 11 is 0. The van der Waals surface area contributed by atoms with Gasteiger partial charge in [-0.1, -0.05) is 0 Å². The molecule has 0 aliphatic carbocycles. The molecule has 0 aliphatic heterocycles. The first-order valence-electron chi connectivity index (χ1n) is 4.34. The van der Waals surface area contributed by atoms with Gasteiger partial charge >= 0.3 is 33.0 Å². The van der Waals surface area contributed by atoms with Gasteiger partial charge in [0.05, 0.1) is 13.7 Å². The van der Waals surface area contributed by atoms with E-state index in [4.69, 9.17) is 4.74 Å². The van der Waals surface area contributed by atoms with Crippen molar-refractivity contribution < 1.29 is 34.5 Å². The van der Waals surface area contributed by atoms with E-state index in [9.17, 15) is 25.2 Å². The zero-order chi connectivity index (χ0) is 13.8. The van der Waals surface area contributed by atoms with Gasteiger partial charge in [-0.3, -0.25) is 0 Å². The van der Waals surface area contributed by atoms with E-state index in [-0.39, 0.29) is 0 Å². The van der Waals surface area contributed by atoms with Crippen LogP contribution in [0.4, 0.5) is 25.2 Å². The first-order valence-corrected chi connectivity index (χ1v) is 6.37. The van der Waals surface area contributed by atoms with E-state index >= 15 is 0 Å². The molecule has 0 atom stereocenters. The number of hydrogen-bond acceptors (Lipinski definition) is 1. The van der Waals surface area contributed by atoms with Crippen molar-refractivity contribution in [3.63, 3.8) is 0 Å². The van der Waals surface area contributed by atoms with Gasteiger partial charge in [-0.2, -0.15) is 0 Å². The molecule has 1 aromatic rings. The molecule has 1 heterocycles. The molecule has 0 amide bonds. The van der Waals surface area contributed by atoms with Gasteiger partial charge in [-0.15, -0.1) is 0 Å². The molecule has 0 radical (unpaired) electrons. The van der Waals surface area contributed by atoms with Crippen LogP contribution in [-0.2, 0) is 18.3 Å². The van der Waals surface area contributed by atoms with Crippen LogP contribution in [0.1, 0.15) is 0 Å². The predicted molar refractivity (Wildman–Crippen MR) is 51.1 cm³/mol. The third kappa shape index (κ3) is 17.8. The van der Waals surface area contributed by atoms with Gasteiger partial charge in [0, 0.05) is 7.11 Å². The third-order valence-electron chi connectivity index (χ3n) is 1.38. The number of methoxy groups -OCH3 is 1. The Labute approximate surface area is 93.8 Å². The Morgan fingerprint density at radius 3 is 1.94 bits per heavy atom. The minimum atomic E-state index is -10.7. The Hall–Kier alpha value is -0.820. The Bertz CT molecular complexity index is 347. The fraction of sp³-hybridized carbons (Fsp3) is 0.571. The average Bonchev–Trinajstić information content (AvgIpc) is 2.42. The molecule has 1 aromatic heterocycles. The van der Waals surface area contributed by atoms with Gasteiger partial charge in [-0.25, -0.2) is 9.13 Å². The summed E-state index contributed by atoms with van der Waals surface area (Å²) in [6.45, 7) is 1.70. The molecule has 1 rings (SSSR count). The van der Waals surface area contributed by atoms with E-state index in [1.54, 1.807) is 7.11 Å². The molecule has 3 nitrogen and oxygen atoms in total. The molecular weight excluding hydrogens is 273 g/mol. The van der Waals surface area contributed by atoms with Crippen LogP contribution in [0.2, 0.25) is 0 Å². The summed E-state index contributed by atoms with van der Waals surface area (Å²) in [4.78, 5) is 0. The van der Waals surface area contributed by atoms with Crippen molar-refractivity contribution in [3.05, 3.63) is 18.7 Å². The van der Waals surface area contributed by atoms with Crippen LogP contribution in [0.5, 0.6) is 0 Å². The summed E-state index contributed by atoms with van der Waals surface area (Å²) in [5.41, 5.74) is 0. The van der Waals surface area contributed by atoms with E-state index in [0.29, 0.717) is 0 Å². The molecule has 0 aromatic carbocycles. The molecule has 0 saturated heterocycles. The van der Waals surface area contributed by atoms with Crippen molar-refractivity contribution in [3.8, 4) is 0 Å². The number of aromatic nitrogens is 2. The number of aryl methyl sites for hydroxylation is 1. The number of ether oxygens (including phenoxy) is 1. The minimum absolute atomic E-state index is 0.772. The molecule has 0 N–H and O–H groups in total. The first-order chi connectivity index (χ1) is 7.28. The Morgan fingerprint density at radius 1 is 1.18 bits per heavy atom. The number of rotatable bonds is 3. The first kappa shape index (κ1) is 16.2. The number of halogens is 6. The Balaban J connectivity index is 0.000000325. The fourth-order valence-electron chi connectivity index (χ4n) is 0.831. The molecule has 0 spiro atoms. The van der Waals surface area contributed by atoms with Gasteiger partial charge in [0.2, 0.25) is 6.33 Å². The van der Waals surface area contributed by atoms with Crippen LogP contribution < -0.4 is 4.57 Å². The van der Waals surface area contributed by atoms with Crippen LogP contribution in [-0.4, -0.2) is 18.3 Å². The molecule has 104 valence electrons. The molecule has 0 unspecified atom stereocenters. The van der Waals surface area contributed by atoms with Crippen molar-refractivity contribution in [2.45, 2.75) is 6.54 Å². The Kier molecular flexibility index (Phi) is 4.24. The van der Waals surface area contributed by atoms with E-state index in [1.165, 1.54) is 0 Å². The van der Waals surface area contributed by atoms with E-state index < -0.39 is 7.81 Å². The maximum absolute atomic E-state index is 10.7. The van der Waals surface area contributed by atoms with E-state index in [0.717, 1.165) is 13.2 Å². The second-order valence-corrected chi connectivity index (χ2v) is 5.18. The van der Waals surface area contributed by atoms with Gasteiger partial charge in [-0.05, 0) is 0 Å². The maximum atomic E-state index is 9.87. The molecule has 0 bridgehead atoms. The molecule has 17 heavy (non-hydrogen) atoms. The van der Waals surface area contributed by atoms with Gasteiger partial charge in [0.25, 0.3) is 0 Å². The number of hydrogen-bond donors (Lipinski definition) is 0. The van der Waals surface area contributed by atoms with E-state index in [2.05, 4.69) is 4.57 Å². The van der Waals surface area contributed by atoms with Crippen LogP contribution >= 0.6 is 7.81 Å². The zero-order valence-electron chi connectivity index (χ0n) is 9.16.